The molecule has 0 saturated carbocycles. The van der Waals surface area contributed by atoms with E-state index in [1.807, 2.05) is 60.7 Å². The fourth-order valence-electron chi connectivity index (χ4n) is 7.28. The third-order valence-electron chi connectivity index (χ3n) is 10.0. The Bertz CT molecular complexity index is 2090. The van der Waals surface area contributed by atoms with Gasteiger partial charge in [-0.05, 0) is 57.0 Å². The molecule has 3 unspecified atom stereocenters. The van der Waals surface area contributed by atoms with Gasteiger partial charge in [-0.1, -0.05) is 60.7 Å². The lowest BCUT2D eigenvalue weighted by Gasteiger charge is -2.47. The summed E-state index contributed by atoms with van der Waals surface area (Å²) in [5.74, 6) is -4.02. The Labute approximate surface area is 335 Å². The normalized spacial score (nSPS) is 17.9. The first-order valence-corrected chi connectivity index (χ1v) is 19.2. The molecule has 308 valence electrons. The number of rotatable bonds is 12. The van der Waals surface area contributed by atoms with Crippen LogP contribution in [0.4, 0.5) is 22.8 Å². The highest BCUT2D eigenvalue weighted by molar-refractivity contribution is 5.83. The summed E-state index contributed by atoms with van der Waals surface area (Å²) in [5, 5.41) is 0. The van der Waals surface area contributed by atoms with Crippen molar-refractivity contribution in [1.29, 1.82) is 0 Å². The Morgan fingerprint density at radius 1 is 0.879 bits per heavy atom. The van der Waals surface area contributed by atoms with Crippen molar-refractivity contribution < 1.29 is 46.6 Å². The van der Waals surface area contributed by atoms with Crippen molar-refractivity contribution in [2.75, 3.05) is 32.7 Å². The number of esters is 1. The molecule has 3 amide bonds. The number of imidazole rings is 1. The minimum Gasteiger partial charge on any atom is -0.453 e. The topological polar surface area (TPSA) is 124 Å². The molecule has 6 rings (SSSR count). The van der Waals surface area contributed by atoms with Crippen LogP contribution in [0.5, 0.6) is 0 Å². The van der Waals surface area contributed by atoms with Crippen molar-refractivity contribution in [2.45, 2.75) is 71.7 Å². The predicted octanol–water partition coefficient (Wildman–Crippen LogP) is 7.17. The SMILES string of the molecule is CC(=O)O[C@@H](C)C(=O)N(CC1CN(C(=O)OC(C)(C)C)CC1F)C(c1nc(-c2cc(F)ccc2F)cn1Cc1ccccc1)C1CN(C(=O)OCc2ccccc2)C1. The summed E-state index contributed by atoms with van der Waals surface area (Å²) in [5.41, 5.74) is 0.738. The smallest absolute Gasteiger partial charge is 0.410 e. The van der Waals surface area contributed by atoms with E-state index < -0.39 is 71.5 Å². The van der Waals surface area contributed by atoms with E-state index in [9.17, 15) is 23.6 Å². The molecule has 58 heavy (non-hydrogen) atoms. The number of nitrogens with zero attached hydrogens (tertiary/aromatic N) is 5. The summed E-state index contributed by atoms with van der Waals surface area (Å²) in [6.45, 7) is 7.44. The molecule has 12 nitrogen and oxygen atoms in total. The molecule has 0 spiro atoms. The number of halogens is 3. The van der Waals surface area contributed by atoms with Crippen LogP contribution >= 0.6 is 0 Å². The number of carbonyl (C=O) groups excluding carboxylic acids is 4. The van der Waals surface area contributed by atoms with E-state index in [1.165, 1.54) is 21.6 Å². The van der Waals surface area contributed by atoms with Gasteiger partial charge in [0.05, 0.1) is 18.3 Å². The summed E-state index contributed by atoms with van der Waals surface area (Å²) in [6.07, 6.45) is -2.63. The van der Waals surface area contributed by atoms with Crippen LogP contribution in [0.25, 0.3) is 11.3 Å². The zero-order valence-electron chi connectivity index (χ0n) is 33.1. The largest absolute Gasteiger partial charge is 0.453 e. The molecule has 0 N–H and O–H groups in total. The number of hydrogen-bond acceptors (Lipinski definition) is 8. The second-order valence-electron chi connectivity index (χ2n) is 15.8. The number of ether oxygens (including phenoxy) is 3. The number of hydrogen-bond donors (Lipinski definition) is 0. The number of amides is 3. The second-order valence-corrected chi connectivity index (χ2v) is 15.8. The lowest BCUT2D eigenvalue weighted by atomic mass is 9.88. The van der Waals surface area contributed by atoms with E-state index in [1.54, 1.807) is 31.5 Å². The van der Waals surface area contributed by atoms with Crippen LogP contribution in [-0.4, -0.2) is 98.9 Å². The Kier molecular flexibility index (Phi) is 12.8. The molecule has 2 saturated heterocycles. The average molecular weight is 804 g/mol. The van der Waals surface area contributed by atoms with Crippen LogP contribution in [0.1, 0.15) is 57.6 Å². The molecule has 4 aromatic rings. The predicted molar refractivity (Wildman–Crippen MR) is 207 cm³/mol. The molecule has 0 aliphatic carbocycles. The summed E-state index contributed by atoms with van der Waals surface area (Å²) >= 11 is 0. The lowest BCUT2D eigenvalue weighted by Crippen LogP contribution is -2.58. The van der Waals surface area contributed by atoms with Crippen molar-refractivity contribution in [2.24, 2.45) is 11.8 Å². The van der Waals surface area contributed by atoms with Gasteiger partial charge in [0.25, 0.3) is 5.91 Å². The maximum absolute atomic E-state index is 16.1. The Morgan fingerprint density at radius 2 is 1.52 bits per heavy atom. The highest BCUT2D eigenvalue weighted by atomic mass is 19.1. The Balaban J connectivity index is 1.42. The van der Waals surface area contributed by atoms with E-state index in [-0.39, 0.29) is 63.0 Å². The van der Waals surface area contributed by atoms with Crippen LogP contribution in [0, 0.1) is 23.5 Å². The Morgan fingerprint density at radius 3 is 2.16 bits per heavy atom. The molecule has 2 fully saturated rings. The number of benzene rings is 3. The molecule has 0 radical (unpaired) electrons. The zero-order valence-corrected chi connectivity index (χ0v) is 33.1. The van der Waals surface area contributed by atoms with Crippen LogP contribution in [0.2, 0.25) is 0 Å². The van der Waals surface area contributed by atoms with Gasteiger partial charge in [0, 0.05) is 63.2 Å². The van der Waals surface area contributed by atoms with E-state index >= 15 is 8.78 Å². The average Bonchev–Trinajstić information content (AvgIpc) is 3.74. The molecule has 2 aliphatic rings. The fourth-order valence-corrected chi connectivity index (χ4v) is 7.28. The van der Waals surface area contributed by atoms with Gasteiger partial charge < -0.3 is 33.5 Å². The van der Waals surface area contributed by atoms with Gasteiger partial charge in [0.2, 0.25) is 0 Å². The molecule has 3 aromatic carbocycles. The molecule has 3 heterocycles. The maximum atomic E-state index is 16.1. The molecule has 2 aliphatic heterocycles. The van der Waals surface area contributed by atoms with Gasteiger partial charge in [-0.3, -0.25) is 9.59 Å². The third-order valence-corrected chi connectivity index (χ3v) is 10.0. The van der Waals surface area contributed by atoms with Crippen molar-refractivity contribution >= 4 is 24.1 Å². The summed E-state index contributed by atoms with van der Waals surface area (Å²) in [7, 11) is 0. The van der Waals surface area contributed by atoms with Gasteiger partial charge in [0.15, 0.2) is 6.10 Å². The van der Waals surface area contributed by atoms with Gasteiger partial charge >= 0.3 is 18.2 Å². The standard InChI is InChI=1S/C43H48F3N5O7/c1-27(57-28(2)52)40(53)51(23-31-20-50(24-36(31)46)42(55)58-43(3,4)5)38(32-21-49(22-32)41(54)56-26-30-14-10-7-11-15-30)39-47-37(34-18-33(44)16-17-35(34)45)25-48(39)19-29-12-8-6-9-13-29/h6-18,25,27,31-32,36,38H,19-24,26H2,1-5H3/t27-,31?,36?,38?/m0/s1. The van der Waals surface area contributed by atoms with Crippen molar-refractivity contribution in [1.82, 2.24) is 24.3 Å². The summed E-state index contributed by atoms with van der Waals surface area (Å²) in [6, 6.07) is 20.4. The summed E-state index contributed by atoms with van der Waals surface area (Å²) in [4.78, 5) is 62.1. The van der Waals surface area contributed by atoms with E-state index in [0.29, 0.717) is 0 Å². The molecule has 1 aromatic heterocycles. The minimum atomic E-state index is -1.57. The van der Waals surface area contributed by atoms with E-state index in [2.05, 4.69) is 0 Å². The number of likely N-dealkylation sites (tertiary alicyclic amines) is 2. The maximum Gasteiger partial charge on any atom is 0.410 e. The van der Waals surface area contributed by atoms with E-state index in [4.69, 9.17) is 19.2 Å². The molecular formula is C43H48F3N5O7. The first-order chi connectivity index (χ1) is 27.6. The Hall–Kier alpha value is -5.86. The van der Waals surface area contributed by atoms with Gasteiger partial charge in [-0.2, -0.15) is 0 Å². The molecule has 4 atom stereocenters. The van der Waals surface area contributed by atoms with Gasteiger partial charge in [-0.15, -0.1) is 0 Å². The first-order valence-electron chi connectivity index (χ1n) is 19.2. The number of aromatic nitrogens is 2. The fraction of sp³-hybridized carbons (Fsp3) is 0.419. The first kappa shape index (κ1) is 41.8. The molecular weight excluding hydrogens is 755 g/mol. The highest BCUT2D eigenvalue weighted by Crippen LogP contribution is 2.39. The van der Waals surface area contributed by atoms with Crippen molar-refractivity contribution in [3.8, 4) is 11.3 Å². The number of carbonyl (C=O) groups is 4. The van der Waals surface area contributed by atoms with E-state index in [0.717, 1.165) is 36.2 Å². The second kappa shape index (κ2) is 17.7. The zero-order chi connectivity index (χ0) is 41.7. The van der Waals surface area contributed by atoms with Crippen LogP contribution in [0.3, 0.4) is 0 Å². The highest BCUT2D eigenvalue weighted by Gasteiger charge is 2.48. The van der Waals surface area contributed by atoms with Gasteiger partial charge in [-0.25, -0.2) is 27.7 Å². The minimum absolute atomic E-state index is 0.0343. The molecule has 0 bridgehead atoms. The number of alkyl halides is 1. The monoisotopic (exact) mass is 803 g/mol. The lowest BCUT2D eigenvalue weighted by molar-refractivity contribution is -0.161. The third kappa shape index (κ3) is 10.2. The quantitative estimate of drug-likeness (QED) is 0.109. The van der Waals surface area contributed by atoms with Crippen molar-refractivity contribution in [3.05, 3.63) is 114 Å². The van der Waals surface area contributed by atoms with Crippen LogP contribution < -0.4 is 0 Å². The van der Waals surface area contributed by atoms with Gasteiger partial charge in [0.1, 0.15) is 35.8 Å². The van der Waals surface area contributed by atoms with Crippen LogP contribution in [-0.2, 0) is 37.0 Å². The molecule has 15 heteroatoms. The van der Waals surface area contributed by atoms with Crippen LogP contribution in [0.15, 0.2) is 85.1 Å². The van der Waals surface area contributed by atoms with Crippen molar-refractivity contribution in [3.63, 3.8) is 0 Å². The summed E-state index contributed by atoms with van der Waals surface area (Å²) < 4.78 is 64.2.